The van der Waals surface area contributed by atoms with Crippen molar-refractivity contribution >= 4 is 17.2 Å². The van der Waals surface area contributed by atoms with Crippen molar-refractivity contribution in [2.45, 2.75) is 12.8 Å². The number of ether oxygens (including phenoxy) is 4. The van der Waals surface area contributed by atoms with Crippen LogP contribution < -0.4 is 24.3 Å². The van der Waals surface area contributed by atoms with Crippen molar-refractivity contribution in [2.75, 3.05) is 26.6 Å². The SMILES string of the molecule is COc1cc(Nc2cncc(Oc3ccc4c(c3)CCC4=NO)n2)cc(OC)c1OC. The van der Waals surface area contributed by atoms with E-state index in [1.54, 1.807) is 39.7 Å². The molecule has 0 spiro atoms. The second kappa shape index (κ2) is 8.78. The number of methoxy groups -OCH3 is 3. The van der Waals surface area contributed by atoms with E-state index in [1.807, 2.05) is 18.2 Å². The number of rotatable bonds is 7. The number of oxime groups is 1. The minimum absolute atomic E-state index is 0.339. The topological polar surface area (TPSA) is 107 Å². The van der Waals surface area contributed by atoms with Gasteiger partial charge >= 0.3 is 0 Å². The Balaban J connectivity index is 1.54. The second-order valence-electron chi connectivity index (χ2n) is 6.75. The van der Waals surface area contributed by atoms with Gasteiger partial charge in [0, 0.05) is 23.4 Å². The monoisotopic (exact) mass is 422 g/mol. The Morgan fingerprint density at radius 2 is 1.74 bits per heavy atom. The summed E-state index contributed by atoms with van der Waals surface area (Å²) >= 11 is 0. The molecule has 0 radical (unpaired) electrons. The van der Waals surface area contributed by atoms with Crippen molar-refractivity contribution < 1.29 is 24.2 Å². The molecule has 9 nitrogen and oxygen atoms in total. The Morgan fingerprint density at radius 3 is 2.42 bits per heavy atom. The maximum absolute atomic E-state index is 9.07. The number of hydrogen-bond acceptors (Lipinski definition) is 9. The largest absolute Gasteiger partial charge is 0.493 e. The van der Waals surface area contributed by atoms with Gasteiger partial charge in [0.25, 0.3) is 0 Å². The third kappa shape index (κ3) is 4.16. The van der Waals surface area contributed by atoms with Gasteiger partial charge in [-0.15, -0.1) is 0 Å². The average molecular weight is 422 g/mol. The third-order valence-corrected chi connectivity index (χ3v) is 4.91. The second-order valence-corrected chi connectivity index (χ2v) is 6.75. The van der Waals surface area contributed by atoms with E-state index in [9.17, 15) is 0 Å². The van der Waals surface area contributed by atoms with Crippen LogP contribution in [0.4, 0.5) is 11.5 Å². The molecular weight excluding hydrogens is 400 g/mol. The smallest absolute Gasteiger partial charge is 0.239 e. The number of benzene rings is 2. The summed E-state index contributed by atoms with van der Waals surface area (Å²) in [5.41, 5.74) is 3.40. The molecule has 0 aliphatic heterocycles. The van der Waals surface area contributed by atoms with Crippen LogP contribution in [0.5, 0.6) is 28.9 Å². The number of fused-ring (bicyclic) bond motifs is 1. The van der Waals surface area contributed by atoms with Crippen molar-refractivity contribution in [2.24, 2.45) is 5.16 Å². The highest BCUT2D eigenvalue weighted by Gasteiger charge is 2.19. The average Bonchev–Trinajstić information content (AvgIpc) is 3.21. The van der Waals surface area contributed by atoms with Gasteiger partial charge in [-0.25, -0.2) is 0 Å². The van der Waals surface area contributed by atoms with Crippen LogP contribution in [0.2, 0.25) is 0 Å². The van der Waals surface area contributed by atoms with Gasteiger partial charge in [0.15, 0.2) is 17.3 Å². The molecule has 31 heavy (non-hydrogen) atoms. The molecule has 0 unspecified atom stereocenters. The predicted molar refractivity (Wildman–Crippen MR) is 115 cm³/mol. The number of aromatic nitrogens is 2. The highest BCUT2D eigenvalue weighted by atomic mass is 16.5. The molecule has 1 aliphatic carbocycles. The molecule has 0 bridgehead atoms. The molecule has 0 amide bonds. The Morgan fingerprint density at radius 1 is 0.968 bits per heavy atom. The van der Waals surface area contributed by atoms with Crippen LogP contribution in [0.1, 0.15) is 17.5 Å². The molecule has 3 aromatic rings. The Labute approximate surface area is 179 Å². The molecule has 9 heteroatoms. The molecule has 1 aromatic heterocycles. The van der Waals surface area contributed by atoms with Crippen molar-refractivity contribution in [1.82, 2.24) is 9.97 Å². The van der Waals surface area contributed by atoms with Crippen LogP contribution >= 0.6 is 0 Å². The molecule has 0 saturated carbocycles. The van der Waals surface area contributed by atoms with Crippen LogP contribution in [0, 0.1) is 0 Å². The van der Waals surface area contributed by atoms with E-state index >= 15 is 0 Å². The minimum atomic E-state index is 0.339. The molecule has 0 saturated heterocycles. The van der Waals surface area contributed by atoms with Gasteiger partial charge in [0.2, 0.25) is 11.6 Å². The van der Waals surface area contributed by atoms with Crippen molar-refractivity contribution in [3.8, 4) is 28.9 Å². The van der Waals surface area contributed by atoms with Gasteiger partial charge in [0.05, 0.1) is 39.4 Å². The van der Waals surface area contributed by atoms with Crippen molar-refractivity contribution in [1.29, 1.82) is 0 Å². The molecule has 1 heterocycles. The summed E-state index contributed by atoms with van der Waals surface area (Å²) in [6.07, 6.45) is 4.64. The maximum Gasteiger partial charge on any atom is 0.239 e. The first kappa shape index (κ1) is 20.3. The van der Waals surface area contributed by atoms with Crippen LogP contribution in [0.25, 0.3) is 0 Å². The number of nitrogens with zero attached hydrogens (tertiary/aromatic N) is 3. The zero-order valence-corrected chi connectivity index (χ0v) is 17.4. The summed E-state index contributed by atoms with van der Waals surface area (Å²) < 4.78 is 22.0. The quantitative estimate of drug-likeness (QED) is 0.432. The summed E-state index contributed by atoms with van der Waals surface area (Å²) in [6, 6.07) is 9.18. The lowest BCUT2D eigenvalue weighted by atomic mass is 10.1. The van der Waals surface area contributed by atoms with Crippen LogP contribution in [0.3, 0.4) is 0 Å². The van der Waals surface area contributed by atoms with Crippen molar-refractivity contribution in [3.05, 3.63) is 53.9 Å². The van der Waals surface area contributed by atoms with E-state index in [4.69, 9.17) is 24.2 Å². The molecule has 1 aliphatic rings. The van der Waals surface area contributed by atoms with Gasteiger partial charge < -0.3 is 29.5 Å². The van der Waals surface area contributed by atoms with Crippen LogP contribution in [-0.4, -0.2) is 42.2 Å². The van der Waals surface area contributed by atoms with Crippen LogP contribution in [0.15, 0.2) is 47.9 Å². The zero-order valence-electron chi connectivity index (χ0n) is 17.4. The summed E-state index contributed by atoms with van der Waals surface area (Å²) in [7, 11) is 4.67. The standard InChI is InChI=1S/C22H22N4O5/c1-28-18-9-14(10-19(29-2)22(18)30-3)24-20-11-23-12-21(25-20)31-15-5-6-16-13(8-15)4-7-17(16)26-27/h5-6,8-12,27H,4,7H2,1-3H3,(H,24,25). The minimum Gasteiger partial charge on any atom is -0.493 e. The molecule has 2 aromatic carbocycles. The zero-order chi connectivity index (χ0) is 21.8. The van der Waals surface area contributed by atoms with E-state index in [0.29, 0.717) is 52.5 Å². The lowest BCUT2D eigenvalue weighted by molar-refractivity contribution is 0.318. The molecule has 0 fully saturated rings. The molecule has 2 N–H and O–H groups in total. The van der Waals surface area contributed by atoms with Gasteiger partial charge in [-0.2, -0.15) is 4.98 Å². The number of hydrogen-bond donors (Lipinski definition) is 2. The van der Waals surface area contributed by atoms with Gasteiger partial charge in [-0.1, -0.05) is 5.16 Å². The van der Waals surface area contributed by atoms with Crippen molar-refractivity contribution in [3.63, 3.8) is 0 Å². The first-order chi connectivity index (χ1) is 15.1. The fourth-order valence-electron chi connectivity index (χ4n) is 3.49. The van der Waals surface area contributed by atoms with E-state index in [2.05, 4.69) is 20.4 Å². The Bertz CT molecular complexity index is 1110. The van der Waals surface area contributed by atoms with E-state index in [0.717, 1.165) is 17.5 Å². The highest BCUT2D eigenvalue weighted by Crippen LogP contribution is 2.40. The highest BCUT2D eigenvalue weighted by molar-refractivity contribution is 6.04. The molecular formula is C22H22N4O5. The lowest BCUT2D eigenvalue weighted by Gasteiger charge is -2.15. The maximum atomic E-state index is 9.07. The van der Waals surface area contributed by atoms with Gasteiger partial charge in [0.1, 0.15) is 5.75 Å². The van der Waals surface area contributed by atoms with E-state index < -0.39 is 0 Å². The molecule has 160 valence electrons. The first-order valence-corrected chi connectivity index (χ1v) is 9.56. The number of nitrogens with one attached hydrogen (secondary N) is 1. The number of aryl methyl sites for hydroxylation is 1. The van der Waals surface area contributed by atoms with Gasteiger partial charge in [-0.3, -0.25) is 4.98 Å². The lowest BCUT2D eigenvalue weighted by Crippen LogP contribution is -2.00. The number of anilines is 2. The third-order valence-electron chi connectivity index (χ3n) is 4.91. The molecule has 0 atom stereocenters. The summed E-state index contributed by atoms with van der Waals surface area (Å²) in [5, 5.41) is 15.6. The Hall–Kier alpha value is -4.01. The Kier molecular flexibility index (Phi) is 5.74. The molecule has 4 rings (SSSR count). The first-order valence-electron chi connectivity index (χ1n) is 9.56. The summed E-state index contributed by atoms with van der Waals surface area (Å²) in [6.45, 7) is 0. The van der Waals surface area contributed by atoms with E-state index in [-0.39, 0.29) is 0 Å². The van der Waals surface area contributed by atoms with E-state index in [1.165, 1.54) is 6.20 Å². The fraction of sp³-hybridized carbons (Fsp3) is 0.227. The fourth-order valence-corrected chi connectivity index (χ4v) is 3.49. The van der Waals surface area contributed by atoms with Crippen LogP contribution in [-0.2, 0) is 6.42 Å². The summed E-state index contributed by atoms with van der Waals surface area (Å²) in [4.78, 5) is 8.67. The van der Waals surface area contributed by atoms with Gasteiger partial charge in [-0.05, 0) is 36.6 Å². The summed E-state index contributed by atoms with van der Waals surface area (Å²) in [5.74, 6) is 3.01. The predicted octanol–water partition coefficient (Wildman–Crippen LogP) is 4.16. The normalized spacial score (nSPS) is 13.6.